The summed E-state index contributed by atoms with van der Waals surface area (Å²) in [6.07, 6.45) is 2.01. The van der Waals surface area contributed by atoms with Gasteiger partial charge in [0.1, 0.15) is 0 Å². The molecule has 0 saturated carbocycles. The number of amides is 2. The Kier molecular flexibility index (Phi) is 6.04. The smallest absolute Gasteiger partial charge is 0.311 e. The van der Waals surface area contributed by atoms with E-state index in [4.69, 9.17) is 19.0 Å². The van der Waals surface area contributed by atoms with E-state index in [-0.39, 0.29) is 25.0 Å². The van der Waals surface area contributed by atoms with Crippen molar-refractivity contribution in [2.45, 2.75) is 44.6 Å². The highest BCUT2D eigenvalue weighted by atomic mass is 16.7. The van der Waals surface area contributed by atoms with Crippen LogP contribution < -0.4 is 9.47 Å². The molecule has 0 radical (unpaired) electrons. The molecule has 1 atom stereocenters. The minimum absolute atomic E-state index is 0.0504. The number of esters is 1. The van der Waals surface area contributed by atoms with Crippen LogP contribution in [0.3, 0.4) is 0 Å². The van der Waals surface area contributed by atoms with Gasteiger partial charge in [0.15, 0.2) is 11.5 Å². The molecule has 3 aliphatic heterocycles. The lowest BCUT2D eigenvalue weighted by atomic mass is 9.77. The largest absolute Gasteiger partial charge is 0.469 e. The lowest BCUT2D eigenvalue weighted by Crippen LogP contribution is -2.58. The quantitative estimate of drug-likeness (QED) is 0.631. The summed E-state index contributed by atoms with van der Waals surface area (Å²) in [6.45, 7) is 3.29. The highest BCUT2D eigenvalue weighted by molar-refractivity contribution is 5.88. The molecule has 0 bridgehead atoms. The second-order valence-electron chi connectivity index (χ2n) is 8.06. The fourth-order valence-corrected chi connectivity index (χ4v) is 4.81. The number of benzene rings is 1. The van der Waals surface area contributed by atoms with Gasteiger partial charge in [-0.05, 0) is 43.9 Å². The van der Waals surface area contributed by atoms with Gasteiger partial charge in [0.05, 0.1) is 25.2 Å². The average molecular weight is 432 g/mol. The van der Waals surface area contributed by atoms with Gasteiger partial charge in [0.25, 0.3) is 0 Å². The molecule has 31 heavy (non-hydrogen) atoms. The van der Waals surface area contributed by atoms with Crippen LogP contribution in [0, 0.1) is 5.92 Å². The molecule has 2 fully saturated rings. The highest BCUT2D eigenvalue weighted by Crippen LogP contribution is 2.44. The van der Waals surface area contributed by atoms with E-state index in [1.807, 2.05) is 18.2 Å². The number of hydrogen-bond donors (Lipinski definition) is 0. The standard InChI is InChI=1S/C22H28N2O7/c1-3-31-24-20(26)13-16(21(27)28-2)22(24)8-10-23(11-9-22)19(25)7-5-15-4-6-17-18(12-15)30-14-29-17/h4,6,12,16H,3,5,7-11,13-14H2,1-2H3. The van der Waals surface area contributed by atoms with Gasteiger partial charge >= 0.3 is 5.97 Å². The minimum Gasteiger partial charge on any atom is -0.469 e. The number of likely N-dealkylation sites (tertiary alicyclic amines) is 1. The van der Waals surface area contributed by atoms with Crippen molar-refractivity contribution in [3.05, 3.63) is 23.8 Å². The van der Waals surface area contributed by atoms with E-state index < -0.39 is 17.4 Å². The van der Waals surface area contributed by atoms with Crippen LogP contribution in [0.25, 0.3) is 0 Å². The Balaban J connectivity index is 1.38. The molecule has 4 rings (SSSR count). The third-order valence-corrected chi connectivity index (χ3v) is 6.45. The van der Waals surface area contributed by atoms with E-state index in [9.17, 15) is 14.4 Å². The first-order valence-corrected chi connectivity index (χ1v) is 10.7. The van der Waals surface area contributed by atoms with Crippen molar-refractivity contribution in [3.63, 3.8) is 0 Å². The molecule has 1 aromatic carbocycles. The van der Waals surface area contributed by atoms with Crippen molar-refractivity contribution in [1.82, 2.24) is 9.96 Å². The maximum absolute atomic E-state index is 12.8. The molecule has 2 saturated heterocycles. The maximum atomic E-state index is 12.8. The molecule has 0 aliphatic carbocycles. The van der Waals surface area contributed by atoms with Gasteiger partial charge < -0.3 is 19.1 Å². The Morgan fingerprint density at radius 1 is 1.19 bits per heavy atom. The van der Waals surface area contributed by atoms with Crippen LogP contribution in [0.1, 0.15) is 38.2 Å². The first kappa shape index (κ1) is 21.4. The third-order valence-electron chi connectivity index (χ3n) is 6.45. The molecular weight excluding hydrogens is 404 g/mol. The fourth-order valence-electron chi connectivity index (χ4n) is 4.81. The van der Waals surface area contributed by atoms with Crippen molar-refractivity contribution < 1.29 is 33.4 Å². The number of carbonyl (C=O) groups excluding carboxylic acids is 3. The van der Waals surface area contributed by atoms with E-state index >= 15 is 0 Å². The normalized spacial score (nSPS) is 21.6. The second-order valence-corrected chi connectivity index (χ2v) is 8.06. The van der Waals surface area contributed by atoms with Crippen molar-refractivity contribution in [3.8, 4) is 11.5 Å². The van der Waals surface area contributed by atoms with E-state index in [0.717, 1.165) is 11.3 Å². The Bertz CT molecular complexity index is 863. The summed E-state index contributed by atoms with van der Waals surface area (Å²) in [5.74, 6) is 0.289. The fraction of sp³-hybridized carbons (Fsp3) is 0.591. The Morgan fingerprint density at radius 3 is 2.65 bits per heavy atom. The van der Waals surface area contributed by atoms with Crippen molar-refractivity contribution in [1.29, 1.82) is 0 Å². The summed E-state index contributed by atoms with van der Waals surface area (Å²) < 4.78 is 15.7. The number of nitrogens with zero attached hydrogens (tertiary/aromatic N) is 2. The number of carbonyl (C=O) groups is 3. The second kappa shape index (κ2) is 8.74. The predicted molar refractivity (Wildman–Crippen MR) is 108 cm³/mol. The molecule has 9 nitrogen and oxygen atoms in total. The van der Waals surface area contributed by atoms with Crippen molar-refractivity contribution in [2.75, 3.05) is 33.6 Å². The maximum Gasteiger partial charge on any atom is 0.311 e. The summed E-state index contributed by atoms with van der Waals surface area (Å²) >= 11 is 0. The molecule has 1 aromatic rings. The van der Waals surface area contributed by atoms with E-state index in [1.54, 1.807) is 11.8 Å². The Morgan fingerprint density at radius 2 is 1.94 bits per heavy atom. The van der Waals surface area contributed by atoms with Gasteiger partial charge in [-0.3, -0.25) is 19.2 Å². The first-order chi connectivity index (χ1) is 15.0. The monoisotopic (exact) mass is 432 g/mol. The van der Waals surface area contributed by atoms with E-state index in [0.29, 0.717) is 51.1 Å². The van der Waals surface area contributed by atoms with Crippen LogP contribution in [0.2, 0.25) is 0 Å². The zero-order valence-corrected chi connectivity index (χ0v) is 17.9. The van der Waals surface area contributed by atoms with E-state index in [2.05, 4.69) is 0 Å². The van der Waals surface area contributed by atoms with Crippen LogP contribution in [0.4, 0.5) is 0 Å². The summed E-state index contributed by atoms with van der Waals surface area (Å²) in [5.41, 5.74) is 0.259. The average Bonchev–Trinajstić information content (AvgIpc) is 3.36. The lowest BCUT2D eigenvalue weighted by molar-refractivity contribution is -0.221. The summed E-state index contributed by atoms with van der Waals surface area (Å²) in [6, 6.07) is 5.71. The Hall–Kier alpha value is -2.81. The van der Waals surface area contributed by atoms with Gasteiger partial charge in [0, 0.05) is 25.9 Å². The molecule has 3 heterocycles. The summed E-state index contributed by atoms with van der Waals surface area (Å²) in [7, 11) is 1.33. The molecule has 9 heteroatoms. The SMILES string of the molecule is CCON1C(=O)CC(C(=O)OC)C12CCN(C(=O)CCc1ccc3c(c1)OCO3)CC2. The van der Waals surface area contributed by atoms with Gasteiger partial charge in [-0.2, -0.15) is 0 Å². The van der Waals surface area contributed by atoms with Crippen molar-refractivity contribution >= 4 is 17.8 Å². The zero-order chi connectivity index (χ0) is 22.0. The first-order valence-electron chi connectivity index (χ1n) is 10.7. The van der Waals surface area contributed by atoms with Crippen LogP contribution in [-0.2, 0) is 30.4 Å². The van der Waals surface area contributed by atoms with Crippen LogP contribution in [0.5, 0.6) is 11.5 Å². The molecule has 0 N–H and O–H groups in total. The zero-order valence-electron chi connectivity index (χ0n) is 17.9. The van der Waals surface area contributed by atoms with Gasteiger partial charge in [0.2, 0.25) is 18.6 Å². The number of hydrogen-bond acceptors (Lipinski definition) is 7. The number of rotatable bonds is 6. The molecular formula is C22H28N2O7. The summed E-state index contributed by atoms with van der Waals surface area (Å²) in [5, 5.41) is 1.38. The minimum atomic E-state index is -0.756. The number of ether oxygens (including phenoxy) is 3. The van der Waals surface area contributed by atoms with Gasteiger partial charge in [-0.25, -0.2) is 5.06 Å². The molecule has 3 aliphatic rings. The summed E-state index contributed by atoms with van der Waals surface area (Å²) in [4.78, 5) is 45.1. The molecule has 2 amide bonds. The molecule has 0 aromatic heterocycles. The molecule has 1 unspecified atom stereocenters. The lowest BCUT2D eigenvalue weighted by Gasteiger charge is -2.45. The number of fused-ring (bicyclic) bond motifs is 1. The van der Waals surface area contributed by atoms with Crippen LogP contribution in [-0.4, -0.2) is 66.9 Å². The molecule has 1 spiro atoms. The topological polar surface area (TPSA) is 94.6 Å². The third kappa shape index (κ3) is 3.94. The number of aryl methyl sites for hydroxylation is 1. The molecule has 168 valence electrons. The van der Waals surface area contributed by atoms with Gasteiger partial charge in [-0.1, -0.05) is 6.07 Å². The van der Waals surface area contributed by atoms with Crippen LogP contribution in [0.15, 0.2) is 18.2 Å². The number of piperidine rings is 1. The van der Waals surface area contributed by atoms with Crippen molar-refractivity contribution in [2.24, 2.45) is 5.92 Å². The number of methoxy groups -OCH3 is 1. The van der Waals surface area contributed by atoms with Crippen LogP contribution >= 0.6 is 0 Å². The van der Waals surface area contributed by atoms with E-state index in [1.165, 1.54) is 12.2 Å². The number of hydroxylamine groups is 2. The highest BCUT2D eigenvalue weighted by Gasteiger charge is 2.58. The predicted octanol–water partition coefficient (Wildman–Crippen LogP) is 1.68. The Labute approximate surface area is 181 Å². The van der Waals surface area contributed by atoms with Gasteiger partial charge in [-0.15, -0.1) is 0 Å².